The van der Waals surface area contributed by atoms with Crippen LogP contribution in [0.4, 0.5) is 13.2 Å². The average molecular weight is 219 g/mol. The topological polar surface area (TPSA) is 35.2 Å². The maximum Gasteiger partial charge on any atom is 0.260 e. The van der Waals surface area contributed by atoms with Crippen molar-refractivity contribution in [1.82, 2.24) is 0 Å². The van der Waals surface area contributed by atoms with Crippen molar-refractivity contribution in [3.05, 3.63) is 29.6 Å². The highest BCUT2D eigenvalue weighted by atomic mass is 19.3. The largest absolute Gasteiger partial charge is 0.494 e. The molecule has 0 aliphatic rings. The average Bonchev–Trinajstić information content (AvgIpc) is 2.18. The molecule has 2 nitrogen and oxygen atoms in total. The Bertz CT molecular complexity index is 353. The molecule has 1 aromatic carbocycles. The summed E-state index contributed by atoms with van der Waals surface area (Å²) in [5, 5.41) is 0. The van der Waals surface area contributed by atoms with E-state index in [1.807, 2.05) is 0 Å². The summed E-state index contributed by atoms with van der Waals surface area (Å²) in [6, 6.07) is 3.47. The molecule has 1 aromatic rings. The molecule has 15 heavy (non-hydrogen) atoms. The third kappa shape index (κ3) is 2.23. The fraction of sp³-hybridized carbons (Fsp3) is 0.400. The van der Waals surface area contributed by atoms with Crippen LogP contribution in [-0.4, -0.2) is 13.5 Å². The monoisotopic (exact) mass is 219 g/mol. The Kier molecular flexibility index (Phi) is 3.24. The van der Waals surface area contributed by atoms with Crippen molar-refractivity contribution in [2.45, 2.75) is 18.9 Å². The van der Waals surface area contributed by atoms with Gasteiger partial charge in [-0.1, -0.05) is 6.07 Å². The highest BCUT2D eigenvalue weighted by Gasteiger charge is 2.32. The Morgan fingerprint density at radius 2 is 2.00 bits per heavy atom. The number of benzene rings is 1. The van der Waals surface area contributed by atoms with Crippen LogP contribution in [0, 0.1) is 5.82 Å². The number of alkyl halides is 2. The third-order valence-electron chi connectivity index (χ3n) is 2.23. The molecule has 1 atom stereocenters. The van der Waals surface area contributed by atoms with Crippen molar-refractivity contribution in [1.29, 1.82) is 0 Å². The zero-order valence-corrected chi connectivity index (χ0v) is 8.43. The second-order valence-corrected chi connectivity index (χ2v) is 3.43. The summed E-state index contributed by atoms with van der Waals surface area (Å²) < 4.78 is 42.8. The summed E-state index contributed by atoms with van der Waals surface area (Å²) in [6.45, 7) is 1.18. The van der Waals surface area contributed by atoms with Crippen LogP contribution in [0.25, 0.3) is 0 Å². The molecular formula is C10H12F3NO. The van der Waals surface area contributed by atoms with E-state index in [1.165, 1.54) is 26.2 Å². The summed E-state index contributed by atoms with van der Waals surface area (Å²) in [4.78, 5) is 0. The van der Waals surface area contributed by atoms with E-state index >= 15 is 0 Å². The van der Waals surface area contributed by atoms with Crippen molar-refractivity contribution in [3.8, 4) is 5.75 Å². The number of methoxy groups -OCH3 is 1. The first-order valence-electron chi connectivity index (χ1n) is 4.30. The van der Waals surface area contributed by atoms with Crippen LogP contribution in [0.5, 0.6) is 5.75 Å². The van der Waals surface area contributed by atoms with E-state index in [1.54, 1.807) is 0 Å². The van der Waals surface area contributed by atoms with Gasteiger partial charge >= 0.3 is 0 Å². The summed E-state index contributed by atoms with van der Waals surface area (Å²) >= 11 is 0. The van der Waals surface area contributed by atoms with E-state index in [0.717, 1.165) is 6.07 Å². The van der Waals surface area contributed by atoms with Crippen molar-refractivity contribution in [2.75, 3.05) is 7.11 Å². The van der Waals surface area contributed by atoms with Gasteiger partial charge < -0.3 is 10.5 Å². The van der Waals surface area contributed by atoms with Crippen molar-refractivity contribution in [2.24, 2.45) is 5.73 Å². The predicted molar refractivity (Wildman–Crippen MR) is 50.5 cm³/mol. The van der Waals surface area contributed by atoms with Gasteiger partial charge in [0.05, 0.1) is 12.6 Å². The van der Waals surface area contributed by atoms with E-state index in [2.05, 4.69) is 4.74 Å². The Morgan fingerprint density at radius 1 is 1.40 bits per heavy atom. The molecule has 0 saturated heterocycles. The predicted octanol–water partition coefficient (Wildman–Crippen LogP) is 2.27. The number of nitrogens with two attached hydrogens (primary N) is 1. The molecule has 1 rings (SSSR count). The molecule has 0 heterocycles. The highest BCUT2D eigenvalue weighted by molar-refractivity contribution is 5.34. The molecule has 0 aliphatic carbocycles. The molecule has 2 N–H and O–H groups in total. The van der Waals surface area contributed by atoms with Gasteiger partial charge in [-0.05, 0) is 24.6 Å². The van der Waals surface area contributed by atoms with E-state index in [9.17, 15) is 13.2 Å². The summed E-state index contributed by atoms with van der Waals surface area (Å²) in [6.07, 6.45) is -2.73. The molecule has 0 aliphatic heterocycles. The molecule has 0 saturated carbocycles. The lowest BCUT2D eigenvalue weighted by molar-refractivity contribution is 0.0623. The van der Waals surface area contributed by atoms with Gasteiger partial charge in [0, 0.05) is 0 Å². The molecule has 84 valence electrons. The molecule has 0 spiro atoms. The Hall–Kier alpha value is -1.23. The fourth-order valence-electron chi connectivity index (χ4n) is 1.12. The van der Waals surface area contributed by atoms with Crippen LogP contribution in [0.15, 0.2) is 18.2 Å². The van der Waals surface area contributed by atoms with E-state index < -0.39 is 17.8 Å². The zero-order valence-electron chi connectivity index (χ0n) is 8.43. The van der Waals surface area contributed by atoms with Gasteiger partial charge in [-0.15, -0.1) is 0 Å². The highest BCUT2D eigenvalue weighted by Crippen LogP contribution is 2.29. The normalized spacial score (nSPS) is 15.1. The molecule has 0 radical (unpaired) electrons. The van der Waals surface area contributed by atoms with E-state index in [-0.39, 0.29) is 11.3 Å². The molecule has 0 aromatic heterocycles. The molecule has 0 amide bonds. The van der Waals surface area contributed by atoms with Gasteiger partial charge in [-0.25, -0.2) is 13.2 Å². The first kappa shape index (κ1) is 11.8. The minimum atomic E-state index is -2.73. The van der Waals surface area contributed by atoms with Crippen molar-refractivity contribution < 1.29 is 17.9 Å². The van der Waals surface area contributed by atoms with Gasteiger partial charge in [0.1, 0.15) is 0 Å². The first-order valence-corrected chi connectivity index (χ1v) is 4.30. The van der Waals surface area contributed by atoms with Gasteiger partial charge in [0.15, 0.2) is 11.6 Å². The van der Waals surface area contributed by atoms with Gasteiger partial charge in [0.25, 0.3) is 6.43 Å². The summed E-state index contributed by atoms with van der Waals surface area (Å²) in [5.41, 5.74) is 3.76. The Balaban J connectivity index is 3.16. The smallest absolute Gasteiger partial charge is 0.260 e. The standard InChI is InChI=1S/C10H12F3NO/c1-10(14,9(12)13)6-3-4-7(11)8(5-6)15-2/h3-5,9H,14H2,1-2H3. The van der Waals surface area contributed by atoms with Crippen LogP contribution in [0.3, 0.4) is 0 Å². The minimum absolute atomic E-state index is 0.0928. The Morgan fingerprint density at radius 3 is 2.47 bits per heavy atom. The summed E-state index contributed by atoms with van der Waals surface area (Å²) in [5.74, 6) is -0.698. The van der Waals surface area contributed by atoms with Crippen LogP contribution >= 0.6 is 0 Å². The number of ether oxygens (including phenoxy) is 1. The SMILES string of the molecule is COc1cc(C(C)(N)C(F)F)ccc1F. The lowest BCUT2D eigenvalue weighted by Crippen LogP contribution is -2.40. The number of hydrogen-bond acceptors (Lipinski definition) is 2. The lowest BCUT2D eigenvalue weighted by atomic mass is 9.93. The van der Waals surface area contributed by atoms with E-state index in [4.69, 9.17) is 5.73 Å². The second-order valence-electron chi connectivity index (χ2n) is 3.43. The molecule has 5 heteroatoms. The molecule has 0 fully saturated rings. The number of halogens is 3. The first-order chi connectivity index (χ1) is 6.89. The van der Waals surface area contributed by atoms with Gasteiger partial charge in [0.2, 0.25) is 0 Å². The summed E-state index contributed by atoms with van der Waals surface area (Å²) in [7, 11) is 1.26. The maximum absolute atomic E-state index is 13.0. The van der Waals surface area contributed by atoms with Crippen molar-refractivity contribution in [3.63, 3.8) is 0 Å². The zero-order chi connectivity index (χ0) is 11.6. The van der Waals surface area contributed by atoms with E-state index in [0.29, 0.717) is 0 Å². The molecule has 1 unspecified atom stereocenters. The van der Waals surface area contributed by atoms with Crippen LogP contribution in [-0.2, 0) is 5.54 Å². The minimum Gasteiger partial charge on any atom is -0.494 e. The Labute approximate surface area is 85.8 Å². The fourth-order valence-corrected chi connectivity index (χ4v) is 1.12. The van der Waals surface area contributed by atoms with Gasteiger partial charge in [-0.2, -0.15) is 0 Å². The number of rotatable bonds is 3. The van der Waals surface area contributed by atoms with Crippen LogP contribution < -0.4 is 10.5 Å². The second kappa shape index (κ2) is 4.10. The molecule has 0 bridgehead atoms. The van der Waals surface area contributed by atoms with Crippen LogP contribution in [0.1, 0.15) is 12.5 Å². The third-order valence-corrected chi connectivity index (χ3v) is 2.23. The van der Waals surface area contributed by atoms with Crippen molar-refractivity contribution >= 4 is 0 Å². The maximum atomic E-state index is 13.0. The lowest BCUT2D eigenvalue weighted by Gasteiger charge is -2.24. The van der Waals surface area contributed by atoms with Crippen LogP contribution in [0.2, 0.25) is 0 Å². The number of hydrogen-bond donors (Lipinski definition) is 1. The van der Waals surface area contributed by atoms with Gasteiger partial charge in [-0.3, -0.25) is 0 Å². The molecular weight excluding hydrogens is 207 g/mol. The quantitative estimate of drug-likeness (QED) is 0.846.